The monoisotopic (exact) mass is 800 g/mol. The van der Waals surface area contributed by atoms with E-state index in [-0.39, 0.29) is 0 Å². The van der Waals surface area contributed by atoms with Crippen molar-refractivity contribution >= 4 is 44.9 Å². The van der Waals surface area contributed by atoms with Crippen LogP contribution in [0, 0.1) is 0 Å². The molecule has 0 spiro atoms. The van der Waals surface area contributed by atoms with Gasteiger partial charge in [0.05, 0.1) is 0 Å². The lowest BCUT2D eigenvalue weighted by Gasteiger charge is -2.20. The second kappa shape index (κ2) is 19.5. The number of allylic oxidation sites excluding steroid dienone is 16. The number of hydrogen-bond acceptors (Lipinski definition) is 6. The fraction of sp³-hybridized carbons (Fsp3) is 0.0800. The van der Waals surface area contributed by atoms with Crippen molar-refractivity contribution in [3.05, 3.63) is 239 Å². The minimum atomic E-state index is -5.17. The van der Waals surface area contributed by atoms with Gasteiger partial charge in [-0.2, -0.15) is 0 Å². The van der Waals surface area contributed by atoms with Crippen molar-refractivity contribution in [2.24, 2.45) is 0 Å². The molecule has 0 amide bonds. The van der Waals surface area contributed by atoms with E-state index in [0.717, 1.165) is 56.4 Å². The molecular formula is C50H44N2O6S. The molecule has 59 heavy (non-hydrogen) atoms. The number of benzene rings is 4. The smallest absolute Gasteiger partial charge is 0.199 e. The molecule has 0 atom stereocenters. The van der Waals surface area contributed by atoms with Gasteiger partial charge in [-0.05, 0) is 70.9 Å². The maximum Gasteiger partial charge on any atom is 0.199 e. The first-order chi connectivity index (χ1) is 28.4. The van der Waals surface area contributed by atoms with E-state index < -0.39 is 10.4 Å². The molecule has 0 radical (unpaired) electrons. The third kappa shape index (κ3) is 12.0. The van der Waals surface area contributed by atoms with Gasteiger partial charge < -0.3 is 18.6 Å². The molecule has 8 rings (SSSR count). The summed E-state index contributed by atoms with van der Waals surface area (Å²) in [6.07, 6.45) is 25.7. The van der Waals surface area contributed by atoms with E-state index in [9.17, 15) is 0 Å². The SMILES string of the molecule is C[N+](C)=C1C=CC(=C2C=C(c3ccccc3)OC(c3ccccc3)=C2)C=C1.C[N+](C)=C1C=CC(=C2C=C(c3ccccc3)OC(c3ccccc3)=C2)C=C1.O=S(=O)([O-])[O-]. The summed E-state index contributed by atoms with van der Waals surface area (Å²) >= 11 is 0. The lowest BCUT2D eigenvalue weighted by Crippen LogP contribution is -2.10. The molecule has 9 heteroatoms. The van der Waals surface area contributed by atoms with Crippen molar-refractivity contribution in [3.8, 4) is 0 Å². The number of rotatable bonds is 4. The highest BCUT2D eigenvalue weighted by atomic mass is 32.3. The molecule has 0 saturated heterocycles. The van der Waals surface area contributed by atoms with Crippen LogP contribution in [-0.2, 0) is 19.9 Å². The van der Waals surface area contributed by atoms with Gasteiger partial charge in [-0.15, -0.1) is 0 Å². The molecule has 2 aliphatic carbocycles. The fourth-order valence-corrected chi connectivity index (χ4v) is 6.22. The molecule has 0 aromatic heterocycles. The van der Waals surface area contributed by atoms with Crippen molar-refractivity contribution in [1.82, 2.24) is 0 Å². The van der Waals surface area contributed by atoms with Crippen LogP contribution in [0.1, 0.15) is 22.3 Å². The van der Waals surface area contributed by atoms with Crippen LogP contribution in [0.5, 0.6) is 0 Å². The van der Waals surface area contributed by atoms with Crippen LogP contribution < -0.4 is 0 Å². The van der Waals surface area contributed by atoms with Crippen molar-refractivity contribution < 1.29 is 36.1 Å². The Morgan fingerprint density at radius 1 is 0.373 bits per heavy atom. The first-order valence-corrected chi connectivity index (χ1v) is 20.1. The molecule has 2 aliphatic heterocycles. The van der Waals surface area contributed by atoms with E-state index in [4.69, 9.17) is 27.0 Å². The number of nitrogens with zero attached hydrogens (tertiary/aromatic N) is 2. The average Bonchev–Trinajstić information content (AvgIpc) is 3.27. The van der Waals surface area contributed by atoms with E-state index >= 15 is 0 Å². The highest BCUT2D eigenvalue weighted by molar-refractivity contribution is 7.79. The van der Waals surface area contributed by atoms with Gasteiger partial charge in [0.25, 0.3) is 0 Å². The van der Waals surface area contributed by atoms with Gasteiger partial charge in [-0.25, -0.2) is 9.15 Å². The van der Waals surface area contributed by atoms with Crippen LogP contribution in [0.25, 0.3) is 23.0 Å². The summed E-state index contributed by atoms with van der Waals surface area (Å²) in [7, 11) is 3.05. The molecule has 0 saturated carbocycles. The lowest BCUT2D eigenvalue weighted by molar-refractivity contribution is -0.462. The Kier molecular flexibility index (Phi) is 13.8. The van der Waals surface area contributed by atoms with Crippen LogP contribution in [0.2, 0.25) is 0 Å². The van der Waals surface area contributed by atoms with Gasteiger partial charge in [-0.1, -0.05) is 121 Å². The molecule has 4 aromatic rings. The van der Waals surface area contributed by atoms with Gasteiger partial charge in [-0.3, -0.25) is 8.42 Å². The van der Waals surface area contributed by atoms with E-state index in [1.54, 1.807) is 0 Å². The van der Waals surface area contributed by atoms with E-state index in [1.807, 2.05) is 72.8 Å². The molecule has 0 fully saturated rings. The molecule has 4 aliphatic rings. The van der Waals surface area contributed by atoms with Crippen LogP contribution in [0.15, 0.2) is 217 Å². The summed E-state index contributed by atoms with van der Waals surface area (Å²) in [4.78, 5) is 0. The third-order valence-corrected chi connectivity index (χ3v) is 9.25. The maximum absolute atomic E-state index is 8.52. The zero-order chi connectivity index (χ0) is 41.8. The minimum absolute atomic E-state index is 0.864. The normalized spacial score (nSPS) is 15.6. The highest BCUT2D eigenvalue weighted by Gasteiger charge is 2.19. The predicted molar refractivity (Wildman–Crippen MR) is 235 cm³/mol. The Hall–Kier alpha value is -6.91. The van der Waals surface area contributed by atoms with Gasteiger partial charge in [0.2, 0.25) is 0 Å². The molecule has 8 nitrogen and oxygen atoms in total. The summed E-state index contributed by atoms with van der Waals surface area (Å²) in [6, 6.07) is 41.0. The number of hydrogen-bond donors (Lipinski definition) is 0. The fourth-order valence-electron chi connectivity index (χ4n) is 6.22. The van der Waals surface area contributed by atoms with Crippen LogP contribution in [-0.4, -0.2) is 66.3 Å². The van der Waals surface area contributed by atoms with Crippen LogP contribution in [0.4, 0.5) is 0 Å². The van der Waals surface area contributed by atoms with Crippen LogP contribution >= 0.6 is 0 Å². The van der Waals surface area contributed by atoms with Crippen LogP contribution in [0.3, 0.4) is 0 Å². The standard InChI is InChI=1S/2C25H22NO.H2O4S/c2*1-26(2)23-15-13-19(14-16-23)22-17-24(20-9-5-3-6-10-20)27-25(18-22)21-11-7-4-8-12-21;1-5(2,3)4/h2*3-18H,1-2H3;(H2,1,2,3,4)/q2*+1;/p-2. The molecule has 4 aromatic carbocycles. The first-order valence-electron chi connectivity index (χ1n) is 18.8. The van der Waals surface area contributed by atoms with Gasteiger partial charge >= 0.3 is 0 Å². The predicted octanol–water partition coefficient (Wildman–Crippen LogP) is 9.13. The second-order valence-electron chi connectivity index (χ2n) is 13.9. The first kappa shape index (κ1) is 41.7. The summed E-state index contributed by atoms with van der Waals surface area (Å²) in [5.41, 5.74) is 11.3. The Morgan fingerprint density at radius 3 is 0.797 bits per heavy atom. The maximum atomic E-state index is 8.52. The van der Waals surface area contributed by atoms with E-state index in [0.29, 0.717) is 0 Å². The van der Waals surface area contributed by atoms with Gasteiger partial charge in [0.1, 0.15) is 51.2 Å². The summed E-state index contributed by atoms with van der Waals surface area (Å²) in [6.45, 7) is 0. The zero-order valence-electron chi connectivity index (χ0n) is 33.2. The second-order valence-corrected chi connectivity index (χ2v) is 14.7. The molecule has 0 unspecified atom stereocenters. The summed E-state index contributed by atoms with van der Waals surface area (Å²) in [5.74, 6) is 3.46. The highest BCUT2D eigenvalue weighted by Crippen LogP contribution is 2.35. The quantitative estimate of drug-likeness (QED) is 0.116. The molecule has 2 heterocycles. The van der Waals surface area contributed by atoms with Gasteiger partial charge in [0, 0.05) is 57.0 Å². The Labute approximate surface area is 346 Å². The van der Waals surface area contributed by atoms with Crippen molar-refractivity contribution in [1.29, 1.82) is 0 Å². The third-order valence-electron chi connectivity index (χ3n) is 9.25. The molecule has 0 bridgehead atoms. The Balaban J connectivity index is 0.000000178. The summed E-state index contributed by atoms with van der Waals surface area (Å²) in [5, 5.41) is 0. The largest absolute Gasteiger partial charge is 0.759 e. The van der Waals surface area contributed by atoms with Crippen molar-refractivity contribution in [2.45, 2.75) is 0 Å². The average molecular weight is 801 g/mol. The molecule has 296 valence electrons. The topological polar surface area (TPSA) is 105 Å². The van der Waals surface area contributed by atoms with Crippen molar-refractivity contribution in [3.63, 3.8) is 0 Å². The van der Waals surface area contributed by atoms with E-state index in [1.165, 1.54) is 22.6 Å². The zero-order valence-corrected chi connectivity index (χ0v) is 34.0. The van der Waals surface area contributed by atoms with Crippen molar-refractivity contribution in [2.75, 3.05) is 28.2 Å². The lowest BCUT2D eigenvalue weighted by atomic mass is 9.97. The minimum Gasteiger partial charge on any atom is -0.759 e. The van der Waals surface area contributed by atoms with E-state index in [2.05, 4.69) is 159 Å². The Bertz CT molecular complexity index is 2340. The molecular weight excluding hydrogens is 757 g/mol. The Morgan fingerprint density at radius 2 is 0.593 bits per heavy atom. The molecule has 0 N–H and O–H groups in total. The summed E-state index contributed by atoms with van der Waals surface area (Å²) < 4.78 is 50.8. The number of ether oxygens (including phenoxy) is 2. The van der Waals surface area contributed by atoms with Gasteiger partial charge in [0.15, 0.2) is 11.4 Å².